The second-order valence-electron chi connectivity index (χ2n) is 5.84. The predicted molar refractivity (Wildman–Crippen MR) is 95.0 cm³/mol. The molecule has 0 fully saturated rings. The van der Waals surface area contributed by atoms with Gasteiger partial charge in [-0.1, -0.05) is 15.9 Å². The monoisotopic (exact) mass is 442 g/mol. The smallest absolute Gasteiger partial charge is 0.417 e. The molecule has 2 aromatic rings. The molecule has 2 aromatic carbocycles. The highest BCUT2D eigenvalue weighted by atomic mass is 79.9. The number of benzene rings is 2. The maximum atomic E-state index is 13.0. The molecule has 27 heavy (non-hydrogen) atoms. The zero-order valence-electron chi connectivity index (χ0n) is 14.0. The Bertz CT molecular complexity index is 875. The number of anilines is 1. The first-order valence-electron chi connectivity index (χ1n) is 7.56. The average Bonchev–Trinajstić information content (AvgIpc) is 2.60. The lowest BCUT2D eigenvalue weighted by molar-refractivity contribution is -0.138. The van der Waals surface area contributed by atoms with Gasteiger partial charge in [-0.15, -0.1) is 0 Å². The minimum Gasteiger partial charge on any atom is -0.490 e. The number of carbonyl (C=O) groups excluding carboxylic acids is 1. The van der Waals surface area contributed by atoms with E-state index in [4.69, 9.17) is 10.00 Å². The molecule has 0 aliphatic heterocycles. The van der Waals surface area contributed by atoms with E-state index in [1.807, 2.05) is 0 Å². The van der Waals surface area contributed by atoms with E-state index in [0.29, 0.717) is 11.8 Å². The van der Waals surface area contributed by atoms with E-state index in [-0.39, 0.29) is 5.69 Å². The number of halogens is 4. The molecule has 0 radical (unpaired) electrons. The number of rotatable bonds is 5. The topological polar surface area (TPSA) is 82.3 Å². The number of nitrogens with zero attached hydrogens (tertiary/aromatic N) is 1. The molecule has 0 unspecified atom stereocenters. The van der Waals surface area contributed by atoms with Crippen LogP contribution in [0.1, 0.15) is 18.1 Å². The van der Waals surface area contributed by atoms with Gasteiger partial charge in [0.25, 0.3) is 5.91 Å². The first-order valence-corrected chi connectivity index (χ1v) is 8.36. The van der Waals surface area contributed by atoms with Gasteiger partial charge in [-0.05, 0) is 49.4 Å². The largest absolute Gasteiger partial charge is 0.490 e. The summed E-state index contributed by atoms with van der Waals surface area (Å²) in [5, 5.41) is 21.3. The number of nitrogens with one attached hydrogen (secondary N) is 1. The van der Waals surface area contributed by atoms with Crippen LogP contribution in [0.4, 0.5) is 18.9 Å². The Hall–Kier alpha value is -2.57. The van der Waals surface area contributed by atoms with Gasteiger partial charge in [0.2, 0.25) is 0 Å². The Balaban J connectivity index is 2.11. The van der Waals surface area contributed by atoms with Crippen LogP contribution in [-0.2, 0) is 11.0 Å². The van der Waals surface area contributed by atoms with Crippen molar-refractivity contribution in [3.8, 4) is 11.8 Å². The molecule has 1 atom stereocenters. The number of hydrogen-bond donors (Lipinski definition) is 2. The van der Waals surface area contributed by atoms with E-state index in [1.165, 1.54) is 13.0 Å². The first kappa shape index (κ1) is 20.7. The molecule has 0 spiro atoms. The maximum Gasteiger partial charge on any atom is 0.417 e. The fourth-order valence-corrected chi connectivity index (χ4v) is 2.30. The van der Waals surface area contributed by atoms with E-state index in [1.54, 1.807) is 24.3 Å². The summed E-state index contributed by atoms with van der Waals surface area (Å²) < 4.78 is 45.1. The summed E-state index contributed by atoms with van der Waals surface area (Å²) in [4.78, 5) is 12.2. The van der Waals surface area contributed by atoms with Crippen LogP contribution < -0.4 is 10.1 Å². The molecule has 142 valence electrons. The van der Waals surface area contributed by atoms with Crippen molar-refractivity contribution >= 4 is 27.5 Å². The normalized spacial score (nSPS) is 13.4. The zero-order valence-corrected chi connectivity index (χ0v) is 15.6. The van der Waals surface area contributed by atoms with Crippen LogP contribution in [0.2, 0.25) is 0 Å². The fourth-order valence-electron chi connectivity index (χ4n) is 2.04. The minimum atomic E-state index is -4.75. The van der Waals surface area contributed by atoms with E-state index in [9.17, 15) is 23.1 Å². The van der Waals surface area contributed by atoms with E-state index in [0.717, 1.165) is 16.6 Å². The van der Waals surface area contributed by atoms with Gasteiger partial charge in [-0.2, -0.15) is 18.4 Å². The molecule has 0 saturated carbocycles. The van der Waals surface area contributed by atoms with Crippen molar-refractivity contribution in [2.24, 2.45) is 0 Å². The van der Waals surface area contributed by atoms with Crippen LogP contribution in [0.3, 0.4) is 0 Å². The molecular formula is C18H14BrF3N2O3. The third-order valence-corrected chi connectivity index (χ3v) is 4.05. The van der Waals surface area contributed by atoms with Crippen LogP contribution in [0, 0.1) is 11.3 Å². The maximum absolute atomic E-state index is 13.0. The lowest BCUT2D eigenvalue weighted by atomic mass is 10.1. The highest BCUT2D eigenvalue weighted by Crippen LogP contribution is 2.33. The lowest BCUT2D eigenvalue weighted by Gasteiger charge is -2.23. The summed E-state index contributed by atoms with van der Waals surface area (Å²) in [6, 6.07) is 10.8. The van der Waals surface area contributed by atoms with Crippen molar-refractivity contribution < 1.29 is 27.8 Å². The molecule has 0 aliphatic rings. The Morgan fingerprint density at radius 2 is 1.89 bits per heavy atom. The standard InChI is InChI=1S/C18H14BrF3N2O3/c1-17(26,10-27-14-6-3-12(19)4-7-14)16(25)24-13-5-2-11(9-23)15(8-13)18(20,21)22/h2-8,26H,10H2,1H3,(H,24,25)/t17-/m1/s1. The summed E-state index contributed by atoms with van der Waals surface area (Å²) >= 11 is 3.26. The van der Waals surface area contributed by atoms with Crippen molar-refractivity contribution in [3.63, 3.8) is 0 Å². The second-order valence-corrected chi connectivity index (χ2v) is 6.76. The van der Waals surface area contributed by atoms with Crippen molar-refractivity contribution in [1.82, 2.24) is 0 Å². The lowest BCUT2D eigenvalue weighted by Crippen LogP contribution is -2.45. The van der Waals surface area contributed by atoms with Crippen molar-refractivity contribution in [2.75, 3.05) is 11.9 Å². The van der Waals surface area contributed by atoms with Crippen molar-refractivity contribution in [3.05, 3.63) is 58.1 Å². The van der Waals surface area contributed by atoms with Crippen LogP contribution in [0.25, 0.3) is 0 Å². The number of carbonyl (C=O) groups is 1. The average molecular weight is 443 g/mol. The summed E-state index contributed by atoms with van der Waals surface area (Å²) in [6.07, 6.45) is -4.75. The number of amides is 1. The number of aliphatic hydroxyl groups is 1. The molecule has 2 rings (SSSR count). The van der Waals surface area contributed by atoms with Crippen LogP contribution >= 0.6 is 15.9 Å². The molecule has 0 heterocycles. The molecule has 1 amide bonds. The van der Waals surface area contributed by atoms with Crippen molar-refractivity contribution in [2.45, 2.75) is 18.7 Å². The van der Waals surface area contributed by atoms with Gasteiger partial charge in [0.1, 0.15) is 12.4 Å². The Morgan fingerprint density at radius 1 is 1.26 bits per heavy atom. The van der Waals surface area contributed by atoms with Crippen LogP contribution in [0.5, 0.6) is 5.75 Å². The van der Waals surface area contributed by atoms with Crippen LogP contribution in [-0.4, -0.2) is 23.2 Å². The Labute approximate surface area is 161 Å². The highest BCUT2D eigenvalue weighted by Gasteiger charge is 2.35. The van der Waals surface area contributed by atoms with Gasteiger partial charge in [0.05, 0.1) is 17.2 Å². The molecule has 2 N–H and O–H groups in total. The molecule has 0 bridgehead atoms. The minimum absolute atomic E-state index is 0.199. The van der Waals surface area contributed by atoms with Gasteiger partial charge < -0.3 is 15.2 Å². The van der Waals surface area contributed by atoms with Crippen LogP contribution in [0.15, 0.2) is 46.9 Å². The van der Waals surface area contributed by atoms with E-state index < -0.39 is 35.4 Å². The molecule has 9 heteroatoms. The van der Waals surface area contributed by atoms with E-state index in [2.05, 4.69) is 21.2 Å². The fraction of sp³-hybridized carbons (Fsp3) is 0.222. The number of alkyl halides is 3. The van der Waals surface area contributed by atoms with Gasteiger partial charge in [0.15, 0.2) is 5.60 Å². The third-order valence-electron chi connectivity index (χ3n) is 3.53. The van der Waals surface area contributed by atoms with Gasteiger partial charge in [0, 0.05) is 10.2 Å². The summed E-state index contributed by atoms with van der Waals surface area (Å²) in [5.74, 6) is -0.540. The van der Waals surface area contributed by atoms with E-state index >= 15 is 0 Å². The van der Waals surface area contributed by atoms with Gasteiger partial charge in [-0.3, -0.25) is 4.79 Å². The number of nitriles is 1. The highest BCUT2D eigenvalue weighted by molar-refractivity contribution is 9.10. The van der Waals surface area contributed by atoms with Crippen molar-refractivity contribution in [1.29, 1.82) is 5.26 Å². The zero-order chi connectivity index (χ0) is 20.2. The second kappa shape index (κ2) is 7.98. The Kier molecular flexibility index (Phi) is 6.13. The molecule has 0 aromatic heterocycles. The SMILES string of the molecule is C[C@@](O)(COc1ccc(Br)cc1)C(=O)Nc1ccc(C#N)c(C(F)(F)F)c1. The first-order chi connectivity index (χ1) is 12.5. The number of hydrogen-bond acceptors (Lipinski definition) is 4. The van der Waals surface area contributed by atoms with Gasteiger partial charge in [-0.25, -0.2) is 0 Å². The summed E-state index contributed by atoms with van der Waals surface area (Å²) in [5.41, 5.74) is -3.94. The van der Waals surface area contributed by atoms with Gasteiger partial charge >= 0.3 is 6.18 Å². The number of ether oxygens (including phenoxy) is 1. The summed E-state index contributed by atoms with van der Waals surface area (Å²) in [6.45, 7) is 0.762. The molecule has 5 nitrogen and oxygen atoms in total. The predicted octanol–water partition coefficient (Wildman–Crippen LogP) is 4.11. The summed E-state index contributed by atoms with van der Waals surface area (Å²) in [7, 11) is 0. The molecule has 0 saturated heterocycles. The quantitative estimate of drug-likeness (QED) is 0.729. The molecular weight excluding hydrogens is 429 g/mol. The third kappa shape index (κ3) is 5.45. The molecule has 0 aliphatic carbocycles. The Morgan fingerprint density at radius 3 is 2.44 bits per heavy atom.